The van der Waals surface area contributed by atoms with Crippen LogP contribution in [0.2, 0.25) is 0 Å². The van der Waals surface area contributed by atoms with Gasteiger partial charge in [0, 0.05) is 51.3 Å². The molecule has 0 unspecified atom stereocenters. The van der Waals surface area contributed by atoms with Crippen molar-refractivity contribution in [3.05, 3.63) is 42.7 Å². The second kappa shape index (κ2) is 9.35. The summed E-state index contributed by atoms with van der Waals surface area (Å²) < 4.78 is 12.1. The molecule has 3 heterocycles. The molecule has 0 bridgehead atoms. The zero-order chi connectivity index (χ0) is 22.7. The fourth-order valence-electron chi connectivity index (χ4n) is 3.66. The number of carbonyl (C=O) groups excluding carboxylic acids is 1. The Morgan fingerprint density at radius 1 is 1.25 bits per heavy atom. The Labute approximate surface area is 187 Å². The average molecular weight is 437 g/mol. The van der Waals surface area contributed by atoms with Crippen LogP contribution in [0.4, 0.5) is 10.5 Å². The van der Waals surface area contributed by atoms with Gasteiger partial charge in [0.05, 0.1) is 24.4 Å². The van der Waals surface area contributed by atoms with Crippen LogP contribution in [0.15, 0.2) is 42.7 Å². The Hall–Kier alpha value is -3.46. The van der Waals surface area contributed by atoms with Gasteiger partial charge in [-0.1, -0.05) is 12.1 Å². The van der Waals surface area contributed by atoms with Crippen molar-refractivity contribution in [2.24, 2.45) is 0 Å². The summed E-state index contributed by atoms with van der Waals surface area (Å²) in [6.45, 7) is 3.36. The van der Waals surface area contributed by atoms with Crippen LogP contribution in [0, 0.1) is 0 Å². The number of hydrogen-bond donors (Lipinski definition) is 1. The molecule has 1 aromatic carbocycles. The molecule has 3 aromatic rings. The van der Waals surface area contributed by atoms with Crippen molar-refractivity contribution in [1.29, 1.82) is 0 Å². The monoisotopic (exact) mass is 436 g/mol. The van der Waals surface area contributed by atoms with E-state index in [0.29, 0.717) is 36.6 Å². The third kappa shape index (κ3) is 4.57. The van der Waals surface area contributed by atoms with E-state index in [1.54, 1.807) is 24.3 Å². The molecule has 0 saturated carbocycles. The number of amides is 2. The van der Waals surface area contributed by atoms with E-state index in [-0.39, 0.29) is 18.2 Å². The minimum Gasteiger partial charge on any atom is -0.470 e. The van der Waals surface area contributed by atoms with Gasteiger partial charge in [0.25, 0.3) is 0 Å². The highest BCUT2D eigenvalue weighted by atomic mass is 16.5. The average Bonchev–Trinajstić information content (AvgIpc) is 2.83. The van der Waals surface area contributed by atoms with E-state index < -0.39 is 0 Å². The highest BCUT2D eigenvalue weighted by molar-refractivity contribution is 5.83. The van der Waals surface area contributed by atoms with Crippen molar-refractivity contribution in [3.63, 3.8) is 0 Å². The molecule has 1 saturated heterocycles. The van der Waals surface area contributed by atoms with Crippen molar-refractivity contribution >= 4 is 22.8 Å². The second-order valence-electron chi connectivity index (χ2n) is 7.91. The maximum Gasteiger partial charge on any atom is 0.317 e. The number of pyridine rings is 1. The Bertz CT molecular complexity index is 1090. The van der Waals surface area contributed by atoms with Crippen LogP contribution in [0.3, 0.4) is 0 Å². The molecular weight excluding hydrogens is 408 g/mol. The lowest BCUT2D eigenvalue weighted by Crippen LogP contribution is -2.52. The number of aromatic nitrogens is 3. The van der Waals surface area contributed by atoms with E-state index in [0.717, 1.165) is 16.9 Å². The van der Waals surface area contributed by atoms with Crippen LogP contribution < -0.4 is 15.0 Å². The normalized spacial score (nSPS) is 17.1. The predicted octanol–water partition coefficient (Wildman–Crippen LogP) is 2.57. The number of carbonyl (C=O) groups is 1. The number of morpholine rings is 1. The number of urea groups is 1. The van der Waals surface area contributed by atoms with Crippen LogP contribution in [-0.2, 0) is 4.74 Å². The topological polar surface area (TPSA) is 92.7 Å². The summed E-state index contributed by atoms with van der Waals surface area (Å²) in [7, 11) is 5.63. The largest absolute Gasteiger partial charge is 0.470 e. The standard InChI is InChI=1S/C23H28N6O3/c1-15(20-14-29(11-12-31-20)23(30)24-2)32-22-21-19(25-9-10-26-21)13-18(27-22)16-5-7-17(8-6-16)28(3)4/h5-10,13,15,20H,11-12,14H2,1-4H3,(H,24,30)/t15-,20-/m0/s1. The molecule has 1 fully saturated rings. The summed E-state index contributed by atoms with van der Waals surface area (Å²) in [5, 5.41) is 2.66. The summed E-state index contributed by atoms with van der Waals surface area (Å²) in [6, 6.07) is 9.93. The molecule has 0 aliphatic carbocycles. The maximum absolute atomic E-state index is 12.0. The smallest absolute Gasteiger partial charge is 0.317 e. The van der Waals surface area contributed by atoms with E-state index in [2.05, 4.69) is 15.3 Å². The molecule has 0 spiro atoms. The molecule has 0 radical (unpaired) electrons. The van der Waals surface area contributed by atoms with Gasteiger partial charge in [-0.05, 0) is 25.1 Å². The quantitative estimate of drug-likeness (QED) is 0.657. The van der Waals surface area contributed by atoms with E-state index in [9.17, 15) is 4.79 Å². The number of fused-ring (bicyclic) bond motifs is 1. The van der Waals surface area contributed by atoms with Gasteiger partial charge in [-0.15, -0.1) is 0 Å². The van der Waals surface area contributed by atoms with Crippen LogP contribution in [0.1, 0.15) is 6.92 Å². The molecule has 2 amide bonds. The zero-order valence-corrected chi connectivity index (χ0v) is 18.8. The molecule has 1 N–H and O–H groups in total. The Morgan fingerprint density at radius 3 is 2.72 bits per heavy atom. The number of ether oxygens (including phenoxy) is 2. The minimum absolute atomic E-state index is 0.122. The minimum atomic E-state index is -0.341. The first kappa shape index (κ1) is 21.8. The molecule has 32 heavy (non-hydrogen) atoms. The van der Waals surface area contributed by atoms with E-state index in [4.69, 9.17) is 14.5 Å². The third-order valence-corrected chi connectivity index (χ3v) is 5.52. The number of rotatable bonds is 5. The Kier molecular flexibility index (Phi) is 6.36. The van der Waals surface area contributed by atoms with Gasteiger partial charge in [0.15, 0.2) is 5.52 Å². The van der Waals surface area contributed by atoms with E-state index in [1.165, 1.54) is 0 Å². The van der Waals surface area contributed by atoms with Crippen molar-refractivity contribution in [1.82, 2.24) is 25.2 Å². The van der Waals surface area contributed by atoms with Gasteiger partial charge in [-0.2, -0.15) is 0 Å². The molecule has 1 aliphatic rings. The van der Waals surface area contributed by atoms with Crippen LogP contribution in [-0.4, -0.2) is 78.9 Å². The summed E-state index contributed by atoms with van der Waals surface area (Å²) in [5.41, 5.74) is 4.11. The lowest BCUT2D eigenvalue weighted by atomic mass is 10.1. The van der Waals surface area contributed by atoms with Crippen LogP contribution in [0.25, 0.3) is 22.3 Å². The fourth-order valence-corrected chi connectivity index (χ4v) is 3.66. The van der Waals surface area contributed by atoms with Gasteiger partial charge < -0.3 is 24.6 Å². The van der Waals surface area contributed by atoms with Gasteiger partial charge in [-0.25, -0.2) is 14.8 Å². The predicted molar refractivity (Wildman–Crippen MR) is 123 cm³/mol. The number of hydrogen-bond acceptors (Lipinski definition) is 7. The molecule has 9 heteroatoms. The first-order valence-electron chi connectivity index (χ1n) is 10.6. The summed E-state index contributed by atoms with van der Waals surface area (Å²) in [4.78, 5) is 29.4. The number of benzene rings is 1. The highest BCUT2D eigenvalue weighted by Crippen LogP contribution is 2.29. The van der Waals surface area contributed by atoms with Crippen molar-refractivity contribution in [3.8, 4) is 17.1 Å². The fraction of sp³-hybridized carbons (Fsp3) is 0.391. The number of nitrogens with one attached hydrogen (secondary N) is 1. The summed E-state index contributed by atoms with van der Waals surface area (Å²) in [5.74, 6) is 0.399. The lowest BCUT2D eigenvalue weighted by molar-refractivity contribution is -0.0646. The highest BCUT2D eigenvalue weighted by Gasteiger charge is 2.30. The molecular formula is C23H28N6O3. The van der Waals surface area contributed by atoms with Crippen LogP contribution >= 0.6 is 0 Å². The molecule has 2 atom stereocenters. The Balaban J connectivity index is 1.62. The van der Waals surface area contributed by atoms with E-state index in [1.807, 2.05) is 56.3 Å². The van der Waals surface area contributed by atoms with Crippen molar-refractivity contribution in [2.45, 2.75) is 19.1 Å². The molecule has 9 nitrogen and oxygen atoms in total. The Morgan fingerprint density at radius 2 is 2.00 bits per heavy atom. The first-order chi connectivity index (χ1) is 15.5. The number of anilines is 1. The second-order valence-corrected chi connectivity index (χ2v) is 7.91. The maximum atomic E-state index is 12.0. The van der Waals surface area contributed by atoms with Gasteiger partial charge in [0.2, 0.25) is 5.88 Å². The molecule has 4 rings (SSSR count). The molecule has 2 aromatic heterocycles. The van der Waals surface area contributed by atoms with Gasteiger partial charge >= 0.3 is 6.03 Å². The number of nitrogens with zero attached hydrogens (tertiary/aromatic N) is 5. The zero-order valence-electron chi connectivity index (χ0n) is 18.8. The molecule has 168 valence electrons. The summed E-state index contributed by atoms with van der Waals surface area (Å²) >= 11 is 0. The van der Waals surface area contributed by atoms with Crippen molar-refractivity contribution < 1.29 is 14.3 Å². The summed E-state index contributed by atoms with van der Waals surface area (Å²) in [6.07, 6.45) is 2.65. The SMILES string of the molecule is CNC(=O)N1CCO[C@H]([C@H](C)Oc2nc(-c3ccc(N(C)C)cc3)cc3nccnc23)C1. The van der Waals surface area contributed by atoms with Crippen LogP contribution in [0.5, 0.6) is 5.88 Å². The first-order valence-corrected chi connectivity index (χ1v) is 10.6. The van der Waals surface area contributed by atoms with Gasteiger partial charge in [-0.3, -0.25) is 4.98 Å². The van der Waals surface area contributed by atoms with E-state index >= 15 is 0 Å². The van der Waals surface area contributed by atoms with Gasteiger partial charge in [0.1, 0.15) is 12.2 Å². The van der Waals surface area contributed by atoms with Crippen molar-refractivity contribution in [2.75, 3.05) is 45.7 Å². The molecule has 1 aliphatic heterocycles. The lowest BCUT2D eigenvalue weighted by Gasteiger charge is -2.35. The third-order valence-electron chi connectivity index (χ3n) is 5.52.